The van der Waals surface area contributed by atoms with Crippen LogP contribution >= 0.6 is 35.8 Å². The fourth-order valence-electron chi connectivity index (χ4n) is 2.65. The predicted octanol–water partition coefficient (Wildman–Crippen LogP) is 3.95. The Balaban J connectivity index is 0.00000242. The molecule has 0 bridgehead atoms. The van der Waals surface area contributed by atoms with E-state index in [1.807, 2.05) is 29.4 Å². The lowest BCUT2D eigenvalue weighted by atomic mass is 9.96. The van der Waals surface area contributed by atoms with Crippen molar-refractivity contribution >= 4 is 41.7 Å². The quantitative estimate of drug-likeness (QED) is 0.804. The molecule has 1 aliphatic heterocycles. The van der Waals surface area contributed by atoms with Crippen molar-refractivity contribution < 1.29 is 4.79 Å². The Morgan fingerprint density at radius 1 is 1.41 bits per heavy atom. The van der Waals surface area contributed by atoms with Crippen molar-refractivity contribution in [2.45, 2.75) is 24.7 Å². The summed E-state index contributed by atoms with van der Waals surface area (Å²) >= 11 is 7.83. The fraction of sp³-hybridized carbons (Fsp3) is 0.562. The molecule has 0 saturated carbocycles. The van der Waals surface area contributed by atoms with Gasteiger partial charge in [-0.3, -0.25) is 4.79 Å². The van der Waals surface area contributed by atoms with E-state index >= 15 is 0 Å². The fourth-order valence-corrected chi connectivity index (χ4v) is 3.29. The molecule has 1 aromatic rings. The van der Waals surface area contributed by atoms with Gasteiger partial charge in [0.05, 0.1) is 10.6 Å². The Morgan fingerprint density at radius 3 is 2.68 bits per heavy atom. The van der Waals surface area contributed by atoms with Gasteiger partial charge in [-0.2, -0.15) is 0 Å². The molecule has 0 atom stereocenters. The number of rotatable bonds is 5. The van der Waals surface area contributed by atoms with Gasteiger partial charge in [0.15, 0.2) is 0 Å². The lowest BCUT2D eigenvalue weighted by molar-refractivity contribution is 0.0690. The number of piperidine rings is 1. The molecule has 0 radical (unpaired) electrons. The minimum absolute atomic E-state index is 0. The molecule has 2 rings (SSSR count). The molecule has 22 heavy (non-hydrogen) atoms. The standard InChI is InChI=1S/C16H23ClN2OS.ClH/c1-3-18-11-12-6-8-19(9-7-12)16(20)14-10-13(21-2)4-5-15(14)17;/h4-5,10,12,18H,3,6-9,11H2,1-2H3;1H. The average Bonchev–Trinajstić information content (AvgIpc) is 2.53. The maximum Gasteiger partial charge on any atom is 0.255 e. The topological polar surface area (TPSA) is 32.3 Å². The minimum Gasteiger partial charge on any atom is -0.339 e. The number of likely N-dealkylation sites (tertiary alicyclic amines) is 1. The summed E-state index contributed by atoms with van der Waals surface area (Å²) in [4.78, 5) is 15.6. The molecule has 124 valence electrons. The van der Waals surface area contributed by atoms with Crippen molar-refractivity contribution in [2.24, 2.45) is 5.92 Å². The highest BCUT2D eigenvalue weighted by atomic mass is 35.5. The largest absolute Gasteiger partial charge is 0.339 e. The third-order valence-corrected chi connectivity index (χ3v) is 5.04. The highest BCUT2D eigenvalue weighted by Crippen LogP contribution is 2.26. The van der Waals surface area contributed by atoms with Crippen LogP contribution in [0.2, 0.25) is 5.02 Å². The van der Waals surface area contributed by atoms with Crippen LogP contribution in [-0.2, 0) is 0 Å². The van der Waals surface area contributed by atoms with Gasteiger partial charge in [0.2, 0.25) is 0 Å². The normalized spacial score (nSPS) is 15.5. The van der Waals surface area contributed by atoms with Crippen LogP contribution in [0.1, 0.15) is 30.1 Å². The average molecular weight is 363 g/mol. The summed E-state index contributed by atoms with van der Waals surface area (Å²) in [6.45, 7) is 5.85. The number of amides is 1. The van der Waals surface area contributed by atoms with Crippen molar-refractivity contribution in [3.8, 4) is 0 Å². The monoisotopic (exact) mass is 362 g/mol. The van der Waals surface area contributed by atoms with Crippen molar-refractivity contribution in [3.05, 3.63) is 28.8 Å². The number of carbonyl (C=O) groups is 1. The zero-order valence-electron chi connectivity index (χ0n) is 13.1. The first-order chi connectivity index (χ1) is 10.2. The number of hydrogen-bond donors (Lipinski definition) is 1. The summed E-state index contributed by atoms with van der Waals surface area (Å²) < 4.78 is 0. The zero-order chi connectivity index (χ0) is 15.2. The first kappa shape index (κ1) is 19.6. The zero-order valence-corrected chi connectivity index (χ0v) is 15.5. The SMILES string of the molecule is CCNCC1CCN(C(=O)c2cc(SC)ccc2Cl)CC1.Cl. The van der Waals surface area contributed by atoms with Gasteiger partial charge in [-0.1, -0.05) is 18.5 Å². The van der Waals surface area contributed by atoms with Crippen molar-refractivity contribution in [3.63, 3.8) is 0 Å². The third-order valence-electron chi connectivity index (χ3n) is 3.99. The highest BCUT2D eigenvalue weighted by molar-refractivity contribution is 7.98. The summed E-state index contributed by atoms with van der Waals surface area (Å²) in [6.07, 6.45) is 4.14. The van der Waals surface area contributed by atoms with E-state index in [4.69, 9.17) is 11.6 Å². The molecule has 1 heterocycles. The summed E-state index contributed by atoms with van der Waals surface area (Å²) in [5.41, 5.74) is 0.633. The van der Waals surface area contributed by atoms with E-state index < -0.39 is 0 Å². The van der Waals surface area contributed by atoms with Crippen LogP contribution in [0.5, 0.6) is 0 Å². The van der Waals surface area contributed by atoms with Crippen LogP contribution < -0.4 is 5.32 Å². The highest BCUT2D eigenvalue weighted by Gasteiger charge is 2.24. The molecule has 1 N–H and O–H groups in total. The van der Waals surface area contributed by atoms with Gasteiger partial charge < -0.3 is 10.2 Å². The summed E-state index contributed by atoms with van der Waals surface area (Å²) in [5, 5.41) is 3.94. The van der Waals surface area contributed by atoms with Crippen LogP contribution in [0, 0.1) is 5.92 Å². The Morgan fingerprint density at radius 2 is 2.09 bits per heavy atom. The second kappa shape index (κ2) is 9.66. The molecular weight excluding hydrogens is 339 g/mol. The van der Waals surface area contributed by atoms with Gasteiger partial charge in [-0.05, 0) is 56.3 Å². The lowest BCUT2D eigenvalue weighted by Gasteiger charge is -2.32. The van der Waals surface area contributed by atoms with E-state index in [9.17, 15) is 4.79 Å². The maximum atomic E-state index is 12.6. The molecular formula is C16H24Cl2N2OS. The minimum atomic E-state index is 0. The molecule has 0 spiro atoms. The predicted molar refractivity (Wildman–Crippen MR) is 97.7 cm³/mol. The Kier molecular flexibility index (Phi) is 8.62. The van der Waals surface area contributed by atoms with E-state index in [-0.39, 0.29) is 18.3 Å². The second-order valence-corrected chi connectivity index (χ2v) is 6.68. The smallest absolute Gasteiger partial charge is 0.255 e. The lowest BCUT2D eigenvalue weighted by Crippen LogP contribution is -2.40. The van der Waals surface area contributed by atoms with Crippen molar-refractivity contribution in [1.29, 1.82) is 0 Å². The molecule has 0 aliphatic carbocycles. The van der Waals surface area contributed by atoms with E-state index in [0.29, 0.717) is 16.5 Å². The van der Waals surface area contributed by atoms with E-state index in [1.165, 1.54) is 0 Å². The Bertz CT molecular complexity index is 491. The van der Waals surface area contributed by atoms with Crippen LogP contribution in [0.15, 0.2) is 23.1 Å². The number of halogens is 2. The maximum absolute atomic E-state index is 12.6. The first-order valence-corrected chi connectivity index (χ1v) is 9.09. The van der Waals surface area contributed by atoms with E-state index in [0.717, 1.165) is 43.9 Å². The Hall–Kier alpha value is -0.420. The van der Waals surface area contributed by atoms with Gasteiger partial charge >= 0.3 is 0 Å². The molecule has 3 nitrogen and oxygen atoms in total. The van der Waals surface area contributed by atoms with E-state index in [1.54, 1.807) is 11.8 Å². The van der Waals surface area contributed by atoms with Crippen molar-refractivity contribution in [2.75, 3.05) is 32.4 Å². The molecule has 6 heteroatoms. The number of nitrogens with one attached hydrogen (secondary N) is 1. The van der Waals surface area contributed by atoms with Crippen LogP contribution in [-0.4, -0.2) is 43.2 Å². The molecule has 1 saturated heterocycles. The summed E-state index contributed by atoms with van der Waals surface area (Å²) in [5.74, 6) is 0.750. The number of hydrogen-bond acceptors (Lipinski definition) is 3. The second-order valence-electron chi connectivity index (χ2n) is 5.39. The molecule has 1 aromatic carbocycles. The summed E-state index contributed by atoms with van der Waals surface area (Å²) in [6, 6.07) is 5.67. The van der Waals surface area contributed by atoms with Crippen LogP contribution in [0.4, 0.5) is 0 Å². The van der Waals surface area contributed by atoms with Crippen LogP contribution in [0.25, 0.3) is 0 Å². The van der Waals surface area contributed by atoms with Gasteiger partial charge in [0.1, 0.15) is 0 Å². The van der Waals surface area contributed by atoms with Gasteiger partial charge in [0.25, 0.3) is 5.91 Å². The number of thioether (sulfide) groups is 1. The third kappa shape index (κ3) is 5.05. The number of benzene rings is 1. The van der Waals surface area contributed by atoms with Crippen molar-refractivity contribution in [1.82, 2.24) is 10.2 Å². The van der Waals surface area contributed by atoms with Crippen LogP contribution in [0.3, 0.4) is 0 Å². The van der Waals surface area contributed by atoms with Gasteiger partial charge in [-0.15, -0.1) is 24.2 Å². The van der Waals surface area contributed by atoms with Gasteiger partial charge in [-0.25, -0.2) is 0 Å². The molecule has 0 aromatic heterocycles. The van der Waals surface area contributed by atoms with E-state index in [2.05, 4.69) is 12.2 Å². The first-order valence-electron chi connectivity index (χ1n) is 7.49. The number of nitrogens with zero attached hydrogens (tertiary/aromatic N) is 1. The van der Waals surface area contributed by atoms with Gasteiger partial charge in [0, 0.05) is 18.0 Å². The molecule has 0 unspecified atom stereocenters. The number of carbonyl (C=O) groups excluding carboxylic acids is 1. The molecule has 1 fully saturated rings. The Labute approximate surface area is 148 Å². The summed E-state index contributed by atoms with van der Waals surface area (Å²) in [7, 11) is 0. The molecule has 1 aliphatic rings. The molecule has 1 amide bonds.